The number of anilines is 1. The van der Waals surface area contributed by atoms with Crippen molar-refractivity contribution >= 4 is 11.9 Å². The lowest BCUT2D eigenvalue weighted by Crippen LogP contribution is -2.37. The topological polar surface area (TPSA) is 118 Å². The number of nitrogen functional groups attached to an aromatic ring is 1. The molecule has 3 aromatic rings. The summed E-state index contributed by atoms with van der Waals surface area (Å²) in [4.78, 5) is 23.2. The number of likely N-dealkylation sites (tertiary alicyclic amines) is 1. The average molecular weight is 421 g/mol. The molecule has 7 nitrogen and oxygen atoms in total. The van der Waals surface area contributed by atoms with E-state index < -0.39 is 6.04 Å². The molecule has 1 unspecified atom stereocenters. The lowest BCUT2D eigenvalue weighted by Gasteiger charge is -2.21. The van der Waals surface area contributed by atoms with Crippen molar-refractivity contribution in [3.05, 3.63) is 71.2 Å². The molecule has 1 saturated heterocycles. The summed E-state index contributed by atoms with van der Waals surface area (Å²) in [6.45, 7) is 2.91. The maximum absolute atomic E-state index is 13.2. The molecule has 0 spiro atoms. The Kier molecular flexibility index (Phi) is 5.56. The van der Waals surface area contributed by atoms with Gasteiger partial charge in [-0.15, -0.1) is 0 Å². The molecule has 4 rings (SSSR count). The lowest BCUT2D eigenvalue weighted by atomic mass is 10.0. The first-order valence-corrected chi connectivity index (χ1v) is 10.1. The monoisotopic (exact) mass is 421 g/mol. The van der Waals surface area contributed by atoms with Crippen molar-refractivity contribution in [2.75, 3.05) is 18.8 Å². The van der Waals surface area contributed by atoms with Crippen LogP contribution in [0, 0.1) is 12.7 Å². The van der Waals surface area contributed by atoms with Crippen LogP contribution >= 0.6 is 0 Å². The van der Waals surface area contributed by atoms with Gasteiger partial charge in [-0.2, -0.15) is 0 Å². The van der Waals surface area contributed by atoms with Gasteiger partial charge in [-0.3, -0.25) is 4.79 Å². The van der Waals surface area contributed by atoms with E-state index in [4.69, 9.17) is 11.5 Å². The molecule has 8 heteroatoms. The van der Waals surface area contributed by atoms with Gasteiger partial charge in [0.05, 0.1) is 11.4 Å². The highest BCUT2D eigenvalue weighted by Gasteiger charge is 2.32. The van der Waals surface area contributed by atoms with Gasteiger partial charge in [0.15, 0.2) is 0 Å². The second kappa shape index (κ2) is 8.31. The Bertz CT molecular complexity index is 1120. The summed E-state index contributed by atoms with van der Waals surface area (Å²) in [6.07, 6.45) is 0.706. The second-order valence-electron chi connectivity index (χ2n) is 7.86. The van der Waals surface area contributed by atoms with Gasteiger partial charge in [0.25, 0.3) is 0 Å². The molecule has 2 aromatic carbocycles. The van der Waals surface area contributed by atoms with Crippen molar-refractivity contribution in [1.82, 2.24) is 14.9 Å². The number of hydrogen-bond acceptors (Lipinski definition) is 6. The third kappa shape index (κ3) is 4.34. The highest BCUT2D eigenvalue weighted by molar-refractivity contribution is 5.83. The Balaban J connectivity index is 1.54. The van der Waals surface area contributed by atoms with E-state index in [1.807, 2.05) is 25.1 Å². The summed E-state index contributed by atoms with van der Waals surface area (Å²) < 4.78 is 13.2. The minimum absolute atomic E-state index is 0.0274. The summed E-state index contributed by atoms with van der Waals surface area (Å²) in [5.41, 5.74) is 15.5. The Morgan fingerprint density at radius 3 is 2.68 bits per heavy atom. The Morgan fingerprint density at radius 2 is 1.94 bits per heavy atom. The second-order valence-corrected chi connectivity index (χ2v) is 7.86. The molecule has 1 aliphatic heterocycles. The number of carbonyl (C=O) groups is 1. The smallest absolute Gasteiger partial charge is 0.244 e. The Morgan fingerprint density at radius 1 is 1.19 bits per heavy atom. The summed E-state index contributed by atoms with van der Waals surface area (Å²) in [7, 11) is 0. The van der Waals surface area contributed by atoms with E-state index in [0.29, 0.717) is 42.0 Å². The van der Waals surface area contributed by atoms with Crippen molar-refractivity contribution in [1.29, 1.82) is 0 Å². The van der Waals surface area contributed by atoms with Crippen molar-refractivity contribution in [3.8, 4) is 17.0 Å². The first-order valence-electron chi connectivity index (χ1n) is 10.1. The predicted molar refractivity (Wildman–Crippen MR) is 116 cm³/mol. The van der Waals surface area contributed by atoms with Crippen LogP contribution in [0.25, 0.3) is 11.3 Å². The van der Waals surface area contributed by atoms with E-state index in [-0.39, 0.29) is 29.3 Å². The zero-order chi connectivity index (χ0) is 22.1. The number of phenols is 1. The molecule has 0 aliphatic carbocycles. The SMILES string of the molecule is Cc1ccc(O)c(-c2cc(C3CCN(C(=O)[C@H](N)c4ccc(F)cc4)C3)nc(N)n2)c1. The van der Waals surface area contributed by atoms with Crippen LogP contribution in [0.4, 0.5) is 10.3 Å². The van der Waals surface area contributed by atoms with Gasteiger partial charge < -0.3 is 21.5 Å². The zero-order valence-corrected chi connectivity index (χ0v) is 17.1. The van der Waals surface area contributed by atoms with E-state index in [1.54, 1.807) is 11.0 Å². The number of carbonyl (C=O) groups excluding carboxylic acids is 1. The molecule has 1 amide bonds. The predicted octanol–water partition coefficient (Wildman–Crippen LogP) is 2.89. The highest BCUT2D eigenvalue weighted by Crippen LogP contribution is 2.33. The number of benzene rings is 2. The summed E-state index contributed by atoms with van der Waals surface area (Å²) in [6, 6.07) is 11.9. The molecule has 2 atom stereocenters. The molecule has 0 saturated carbocycles. The normalized spacial score (nSPS) is 17.0. The summed E-state index contributed by atoms with van der Waals surface area (Å²) in [5.74, 6) is -0.390. The van der Waals surface area contributed by atoms with E-state index in [0.717, 1.165) is 5.56 Å². The molecular formula is C23H24FN5O2. The lowest BCUT2D eigenvalue weighted by molar-refractivity contribution is -0.131. The van der Waals surface area contributed by atoms with Crippen LogP contribution < -0.4 is 11.5 Å². The number of phenolic OH excluding ortho intramolecular Hbond substituents is 1. The first kappa shape index (κ1) is 20.7. The molecule has 1 fully saturated rings. The summed E-state index contributed by atoms with van der Waals surface area (Å²) >= 11 is 0. The van der Waals surface area contributed by atoms with Crippen LogP contribution in [-0.2, 0) is 4.79 Å². The average Bonchev–Trinajstić information content (AvgIpc) is 3.25. The number of aromatic nitrogens is 2. The van der Waals surface area contributed by atoms with Gasteiger partial charge in [-0.05, 0) is 49.2 Å². The van der Waals surface area contributed by atoms with E-state index in [9.17, 15) is 14.3 Å². The quantitative estimate of drug-likeness (QED) is 0.596. The van der Waals surface area contributed by atoms with Gasteiger partial charge in [0, 0.05) is 24.6 Å². The minimum atomic E-state index is -0.852. The van der Waals surface area contributed by atoms with Crippen molar-refractivity contribution in [2.45, 2.75) is 25.3 Å². The number of halogens is 1. The molecule has 1 aliphatic rings. The van der Waals surface area contributed by atoms with Gasteiger partial charge in [-0.25, -0.2) is 14.4 Å². The number of aromatic hydroxyl groups is 1. The maximum atomic E-state index is 13.2. The zero-order valence-electron chi connectivity index (χ0n) is 17.1. The molecule has 5 N–H and O–H groups in total. The molecular weight excluding hydrogens is 397 g/mol. The van der Waals surface area contributed by atoms with Gasteiger partial charge in [0.2, 0.25) is 11.9 Å². The van der Waals surface area contributed by atoms with Crippen LogP contribution in [-0.4, -0.2) is 39.0 Å². The number of hydrogen-bond donors (Lipinski definition) is 3. The molecule has 2 heterocycles. The molecule has 1 aromatic heterocycles. The van der Waals surface area contributed by atoms with E-state index in [1.165, 1.54) is 24.3 Å². The molecule has 0 bridgehead atoms. The van der Waals surface area contributed by atoms with E-state index in [2.05, 4.69) is 9.97 Å². The summed E-state index contributed by atoms with van der Waals surface area (Å²) in [5, 5.41) is 10.2. The van der Waals surface area contributed by atoms with E-state index >= 15 is 0 Å². The van der Waals surface area contributed by atoms with Crippen LogP contribution in [0.15, 0.2) is 48.5 Å². The highest BCUT2D eigenvalue weighted by atomic mass is 19.1. The number of nitrogens with two attached hydrogens (primary N) is 2. The van der Waals surface area contributed by atoms with Gasteiger partial charge in [0.1, 0.15) is 17.6 Å². The third-order valence-corrected chi connectivity index (χ3v) is 5.60. The van der Waals surface area contributed by atoms with Gasteiger partial charge in [-0.1, -0.05) is 23.8 Å². The molecule has 0 radical (unpaired) electrons. The number of rotatable bonds is 4. The Hall–Kier alpha value is -3.52. The fraction of sp³-hybridized carbons (Fsp3) is 0.261. The number of amides is 1. The minimum Gasteiger partial charge on any atom is -0.507 e. The van der Waals surface area contributed by atoms with Crippen LogP contribution in [0.1, 0.15) is 35.2 Å². The third-order valence-electron chi connectivity index (χ3n) is 5.60. The standard InChI is InChI=1S/C23H24FN5O2/c1-13-2-7-20(30)17(10-13)19-11-18(27-23(26)28-19)15-8-9-29(12-15)22(31)21(25)14-3-5-16(24)6-4-14/h2-7,10-11,15,21,30H,8-9,12,25H2,1H3,(H2,26,27,28)/t15?,21-/m1/s1. The largest absolute Gasteiger partial charge is 0.507 e. The van der Waals surface area contributed by atoms with Gasteiger partial charge >= 0.3 is 0 Å². The van der Waals surface area contributed by atoms with Crippen LogP contribution in [0.2, 0.25) is 0 Å². The Labute approximate surface area is 179 Å². The van der Waals surface area contributed by atoms with Crippen molar-refractivity contribution in [3.63, 3.8) is 0 Å². The van der Waals surface area contributed by atoms with Crippen LogP contribution in [0.5, 0.6) is 5.75 Å². The molecule has 31 heavy (non-hydrogen) atoms. The van der Waals surface area contributed by atoms with Crippen molar-refractivity contribution < 1.29 is 14.3 Å². The van der Waals surface area contributed by atoms with Crippen molar-refractivity contribution in [2.24, 2.45) is 5.73 Å². The molecule has 160 valence electrons. The van der Waals surface area contributed by atoms with Crippen LogP contribution in [0.3, 0.4) is 0 Å². The number of aryl methyl sites for hydroxylation is 1. The number of nitrogens with zero attached hydrogens (tertiary/aromatic N) is 3. The maximum Gasteiger partial charge on any atom is 0.244 e. The fourth-order valence-electron chi connectivity index (χ4n) is 3.90. The first-order chi connectivity index (χ1) is 14.8. The fourth-order valence-corrected chi connectivity index (χ4v) is 3.90.